The largest absolute Gasteiger partial charge is 0.504 e. The molecule has 0 spiro atoms. The molecule has 0 N–H and O–H groups in total. The van der Waals surface area contributed by atoms with E-state index in [0.29, 0.717) is 11.3 Å². The first kappa shape index (κ1) is 13.1. The van der Waals surface area contributed by atoms with E-state index in [-0.39, 0.29) is 0 Å². The molecular formula is C15H24O. The van der Waals surface area contributed by atoms with E-state index in [4.69, 9.17) is 4.74 Å². The molecule has 0 fully saturated rings. The Kier molecular flexibility index (Phi) is 4.40. The highest BCUT2D eigenvalue weighted by Crippen LogP contribution is 2.41. The molecule has 1 nitrogen and oxygen atoms in total. The average Bonchev–Trinajstić information content (AvgIpc) is 2.16. The Morgan fingerprint density at radius 1 is 1.50 bits per heavy atom. The SMILES string of the molecule is COC=C(C)C=CC1C(C)=CCCC1(C)C. The molecule has 0 bridgehead atoms. The van der Waals surface area contributed by atoms with Crippen molar-refractivity contribution in [1.29, 1.82) is 0 Å². The van der Waals surface area contributed by atoms with Gasteiger partial charge in [0.15, 0.2) is 0 Å². The van der Waals surface area contributed by atoms with Gasteiger partial charge in [-0.05, 0) is 37.7 Å². The summed E-state index contributed by atoms with van der Waals surface area (Å²) in [7, 11) is 1.69. The van der Waals surface area contributed by atoms with E-state index in [1.54, 1.807) is 13.4 Å². The third-order valence-corrected chi connectivity index (χ3v) is 3.44. The van der Waals surface area contributed by atoms with E-state index >= 15 is 0 Å². The first-order valence-corrected chi connectivity index (χ1v) is 6.02. The molecule has 0 aromatic carbocycles. The van der Waals surface area contributed by atoms with Crippen molar-refractivity contribution in [1.82, 2.24) is 0 Å². The third-order valence-electron chi connectivity index (χ3n) is 3.44. The van der Waals surface area contributed by atoms with Gasteiger partial charge in [-0.2, -0.15) is 0 Å². The fourth-order valence-electron chi connectivity index (χ4n) is 2.46. The van der Waals surface area contributed by atoms with Crippen LogP contribution in [-0.2, 0) is 4.74 Å². The van der Waals surface area contributed by atoms with Crippen molar-refractivity contribution >= 4 is 0 Å². The minimum atomic E-state index is 0.378. The van der Waals surface area contributed by atoms with Crippen molar-refractivity contribution in [2.24, 2.45) is 11.3 Å². The summed E-state index contributed by atoms with van der Waals surface area (Å²) in [5, 5.41) is 0. The zero-order chi connectivity index (χ0) is 12.2. The van der Waals surface area contributed by atoms with Crippen LogP contribution >= 0.6 is 0 Å². The minimum absolute atomic E-state index is 0.378. The Morgan fingerprint density at radius 3 is 2.75 bits per heavy atom. The molecule has 0 aliphatic heterocycles. The number of rotatable bonds is 3. The van der Waals surface area contributed by atoms with Crippen LogP contribution < -0.4 is 0 Å². The van der Waals surface area contributed by atoms with E-state index in [1.165, 1.54) is 18.4 Å². The minimum Gasteiger partial charge on any atom is -0.504 e. The highest BCUT2D eigenvalue weighted by molar-refractivity contribution is 5.23. The Balaban J connectivity index is 2.81. The topological polar surface area (TPSA) is 9.23 Å². The van der Waals surface area contributed by atoms with E-state index in [9.17, 15) is 0 Å². The predicted octanol–water partition coefficient (Wildman–Crippen LogP) is 4.48. The predicted molar refractivity (Wildman–Crippen MR) is 70.2 cm³/mol. The van der Waals surface area contributed by atoms with E-state index in [1.807, 2.05) is 0 Å². The lowest BCUT2D eigenvalue weighted by molar-refractivity contribution is 0.255. The molecule has 0 heterocycles. The summed E-state index contributed by atoms with van der Waals surface area (Å²) in [4.78, 5) is 0. The standard InChI is InChI=1S/C15H24O/c1-12(11-16-5)8-9-14-13(2)7-6-10-15(14,3)4/h7-9,11,14H,6,10H2,1-5H3. The average molecular weight is 220 g/mol. The number of hydrogen-bond donors (Lipinski definition) is 0. The summed E-state index contributed by atoms with van der Waals surface area (Å²) in [6.45, 7) is 9.02. The maximum Gasteiger partial charge on any atom is 0.0853 e. The van der Waals surface area contributed by atoms with Crippen molar-refractivity contribution in [3.8, 4) is 0 Å². The van der Waals surface area contributed by atoms with E-state index < -0.39 is 0 Å². The summed E-state index contributed by atoms with van der Waals surface area (Å²) in [6.07, 6.45) is 11.1. The highest BCUT2D eigenvalue weighted by Gasteiger charge is 2.30. The number of methoxy groups -OCH3 is 1. The van der Waals surface area contributed by atoms with Crippen LogP contribution in [0, 0.1) is 11.3 Å². The van der Waals surface area contributed by atoms with E-state index in [0.717, 1.165) is 5.57 Å². The lowest BCUT2D eigenvalue weighted by Crippen LogP contribution is -2.26. The zero-order valence-electron chi connectivity index (χ0n) is 11.2. The summed E-state index contributed by atoms with van der Waals surface area (Å²) in [6, 6.07) is 0. The Morgan fingerprint density at radius 2 is 2.19 bits per heavy atom. The van der Waals surface area contributed by atoms with Crippen molar-refractivity contribution in [2.75, 3.05) is 7.11 Å². The van der Waals surface area contributed by atoms with Crippen LogP contribution in [0.5, 0.6) is 0 Å². The molecule has 0 saturated heterocycles. The van der Waals surface area contributed by atoms with Crippen LogP contribution in [0.4, 0.5) is 0 Å². The number of hydrogen-bond acceptors (Lipinski definition) is 1. The highest BCUT2D eigenvalue weighted by atomic mass is 16.5. The van der Waals surface area contributed by atoms with Crippen LogP contribution in [0.3, 0.4) is 0 Å². The molecule has 0 amide bonds. The van der Waals surface area contributed by atoms with Crippen LogP contribution in [0.15, 0.2) is 35.6 Å². The van der Waals surface area contributed by atoms with Gasteiger partial charge in [0, 0.05) is 5.92 Å². The molecule has 0 saturated carbocycles. The van der Waals surface area contributed by atoms with Crippen molar-refractivity contribution in [3.63, 3.8) is 0 Å². The second-order valence-electron chi connectivity index (χ2n) is 5.41. The van der Waals surface area contributed by atoms with Gasteiger partial charge >= 0.3 is 0 Å². The molecule has 1 rings (SSSR count). The summed E-state index contributed by atoms with van der Waals surface area (Å²) in [5.74, 6) is 0.557. The quantitative estimate of drug-likeness (QED) is 0.387. The van der Waals surface area contributed by atoms with Gasteiger partial charge < -0.3 is 4.74 Å². The molecule has 90 valence electrons. The molecule has 0 radical (unpaired) electrons. The molecule has 1 heteroatoms. The maximum absolute atomic E-state index is 4.99. The van der Waals surface area contributed by atoms with Gasteiger partial charge in [-0.3, -0.25) is 0 Å². The van der Waals surface area contributed by atoms with Crippen molar-refractivity contribution in [2.45, 2.75) is 40.5 Å². The first-order chi connectivity index (χ1) is 7.47. The van der Waals surface area contributed by atoms with Gasteiger partial charge in [-0.15, -0.1) is 0 Å². The zero-order valence-corrected chi connectivity index (χ0v) is 11.2. The first-order valence-electron chi connectivity index (χ1n) is 6.02. The van der Waals surface area contributed by atoms with E-state index in [2.05, 4.69) is 45.9 Å². The van der Waals surface area contributed by atoms with Crippen LogP contribution in [0.25, 0.3) is 0 Å². The molecular weight excluding hydrogens is 196 g/mol. The Hall–Kier alpha value is -0.980. The number of ether oxygens (including phenoxy) is 1. The van der Waals surface area contributed by atoms with Gasteiger partial charge in [0.25, 0.3) is 0 Å². The third kappa shape index (κ3) is 3.26. The smallest absolute Gasteiger partial charge is 0.0853 e. The Labute approximate surface area is 99.9 Å². The molecule has 0 aromatic heterocycles. The molecule has 1 atom stereocenters. The monoisotopic (exact) mass is 220 g/mol. The van der Waals surface area contributed by atoms with Crippen molar-refractivity contribution in [3.05, 3.63) is 35.6 Å². The van der Waals surface area contributed by atoms with Gasteiger partial charge in [0.1, 0.15) is 0 Å². The molecule has 1 aliphatic carbocycles. The maximum atomic E-state index is 4.99. The van der Waals surface area contributed by atoms with Crippen LogP contribution in [0.1, 0.15) is 40.5 Å². The van der Waals surface area contributed by atoms with Crippen LogP contribution in [-0.4, -0.2) is 7.11 Å². The lowest BCUT2D eigenvalue weighted by atomic mass is 9.68. The molecule has 0 aromatic rings. The normalized spacial score (nSPS) is 25.7. The second-order valence-corrected chi connectivity index (χ2v) is 5.41. The lowest BCUT2D eigenvalue weighted by Gasteiger charge is -2.36. The Bertz CT molecular complexity index is 318. The van der Waals surface area contributed by atoms with Gasteiger partial charge in [-0.1, -0.05) is 37.6 Å². The van der Waals surface area contributed by atoms with Gasteiger partial charge in [0.05, 0.1) is 13.4 Å². The molecule has 16 heavy (non-hydrogen) atoms. The summed E-state index contributed by atoms with van der Waals surface area (Å²) < 4.78 is 4.99. The molecule has 1 unspecified atom stereocenters. The van der Waals surface area contributed by atoms with Crippen molar-refractivity contribution < 1.29 is 4.74 Å². The van der Waals surface area contributed by atoms with Crippen LogP contribution in [0.2, 0.25) is 0 Å². The molecule has 1 aliphatic rings. The van der Waals surface area contributed by atoms with Gasteiger partial charge in [0.2, 0.25) is 0 Å². The fraction of sp³-hybridized carbons (Fsp3) is 0.600. The second kappa shape index (κ2) is 5.38. The summed E-state index contributed by atoms with van der Waals surface area (Å²) >= 11 is 0. The fourth-order valence-corrected chi connectivity index (χ4v) is 2.46. The van der Waals surface area contributed by atoms with Gasteiger partial charge in [-0.25, -0.2) is 0 Å². The summed E-state index contributed by atoms with van der Waals surface area (Å²) in [5.41, 5.74) is 3.04. The number of allylic oxidation sites excluding steroid dienone is 5.